The van der Waals surface area contributed by atoms with Crippen LogP contribution in [0.1, 0.15) is 37.8 Å². The molecule has 3 atom stereocenters. The second kappa shape index (κ2) is 8.75. The molecule has 0 spiro atoms. The average Bonchev–Trinajstić information content (AvgIpc) is 3.17. The Bertz CT molecular complexity index is 1260. The number of aromatic amines is 1. The molecule has 9 nitrogen and oxygen atoms in total. The van der Waals surface area contributed by atoms with Gasteiger partial charge < -0.3 is 10.6 Å². The van der Waals surface area contributed by atoms with Gasteiger partial charge >= 0.3 is 0 Å². The van der Waals surface area contributed by atoms with Gasteiger partial charge in [-0.05, 0) is 44.7 Å². The molecule has 0 saturated carbocycles. The van der Waals surface area contributed by atoms with Gasteiger partial charge in [0.25, 0.3) is 0 Å². The van der Waals surface area contributed by atoms with Crippen molar-refractivity contribution in [3.05, 3.63) is 48.8 Å². The SMILES string of the molecule is C=CCS(=O)(=O)N1[C@@H]2CCC[C@H]1CC(Nc1nc(Nc3cc(C)[nH]n3)cc3ncccc13)C2. The molecule has 1 unspecified atom stereocenters. The van der Waals surface area contributed by atoms with Crippen LogP contribution in [0.2, 0.25) is 0 Å². The molecule has 3 aromatic heterocycles. The maximum atomic E-state index is 12.9. The van der Waals surface area contributed by atoms with Crippen LogP contribution in [0.15, 0.2) is 43.1 Å². The number of nitrogens with zero attached hydrogens (tertiary/aromatic N) is 4. The van der Waals surface area contributed by atoms with Crippen LogP contribution in [0.25, 0.3) is 10.9 Å². The summed E-state index contributed by atoms with van der Waals surface area (Å²) < 4.78 is 27.5. The highest BCUT2D eigenvalue weighted by Crippen LogP contribution is 2.38. The fourth-order valence-electron chi connectivity index (χ4n) is 5.20. The topological polar surface area (TPSA) is 116 Å². The van der Waals surface area contributed by atoms with Crippen molar-refractivity contribution in [1.29, 1.82) is 0 Å². The Kier molecular flexibility index (Phi) is 5.79. The van der Waals surface area contributed by atoms with E-state index in [1.165, 1.54) is 6.08 Å². The number of piperidine rings is 2. The molecule has 2 fully saturated rings. The molecule has 2 bridgehead atoms. The summed E-state index contributed by atoms with van der Waals surface area (Å²) in [6.07, 6.45) is 7.61. The van der Waals surface area contributed by atoms with Crippen LogP contribution in [-0.2, 0) is 10.0 Å². The number of nitrogens with one attached hydrogen (secondary N) is 3. The highest BCUT2D eigenvalue weighted by Gasteiger charge is 2.44. The number of aryl methyl sites for hydroxylation is 1. The van der Waals surface area contributed by atoms with E-state index in [1.54, 1.807) is 10.5 Å². The number of fused-ring (bicyclic) bond motifs is 3. The maximum Gasteiger partial charge on any atom is 0.218 e. The third-order valence-corrected chi connectivity index (χ3v) is 8.36. The standard InChI is InChI=1S/C23H29N7O2S/c1-3-10-33(31,32)30-17-6-4-7-18(30)13-16(12-17)25-23-19-8-5-9-24-20(19)14-21(27-23)26-22-11-15(2)28-29-22/h3,5,8-9,11,14,16-18H,1,4,6-7,10,12-13H2,2H3,(H3,25,26,27,28,29)/t16?,17-,18+. The van der Waals surface area contributed by atoms with E-state index in [4.69, 9.17) is 4.98 Å². The lowest BCUT2D eigenvalue weighted by Gasteiger charge is -2.47. The summed E-state index contributed by atoms with van der Waals surface area (Å²) in [5, 5.41) is 15.0. The van der Waals surface area contributed by atoms with Gasteiger partial charge in [-0.2, -0.15) is 9.40 Å². The summed E-state index contributed by atoms with van der Waals surface area (Å²) in [5.41, 5.74) is 1.79. The van der Waals surface area contributed by atoms with E-state index in [0.717, 1.165) is 54.5 Å². The van der Waals surface area contributed by atoms with Gasteiger partial charge in [0.05, 0.1) is 11.3 Å². The first-order valence-corrected chi connectivity index (χ1v) is 13.0. The molecule has 174 valence electrons. The number of H-pyrrole nitrogens is 1. The van der Waals surface area contributed by atoms with Gasteiger partial charge in [0.2, 0.25) is 10.0 Å². The molecule has 0 aliphatic carbocycles. The number of hydrogen-bond donors (Lipinski definition) is 3. The molecule has 5 rings (SSSR count). The summed E-state index contributed by atoms with van der Waals surface area (Å²) in [7, 11) is -3.32. The zero-order chi connectivity index (χ0) is 23.0. The number of aromatic nitrogens is 4. The first-order chi connectivity index (χ1) is 15.9. The lowest BCUT2D eigenvalue weighted by Crippen LogP contribution is -2.57. The van der Waals surface area contributed by atoms with Crippen molar-refractivity contribution in [3.63, 3.8) is 0 Å². The minimum Gasteiger partial charge on any atom is -0.367 e. The second-order valence-electron chi connectivity index (χ2n) is 8.94. The number of anilines is 3. The molecule has 0 aromatic carbocycles. The molecule has 3 N–H and O–H groups in total. The predicted octanol–water partition coefficient (Wildman–Crippen LogP) is 3.72. The zero-order valence-corrected chi connectivity index (χ0v) is 19.5. The van der Waals surface area contributed by atoms with Gasteiger partial charge in [0, 0.05) is 47.5 Å². The van der Waals surface area contributed by atoms with E-state index in [-0.39, 0.29) is 23.9 Å². The highest BCUT2D eigenvalue weighted by atomic mass is 32.2. The Labute approximate surface area is 193 Å². The van der Waals surface area contributed by atoms with Crippen LogP contribution in [-0.4, -0.2) is 56.8 Å². The smallest absolute Gasteiger partial charge is 0.218 e. The van der Waals surface area contributed by atoms with Gasteiger partial charge in [-0.3, -0.25) is 10.1 Å². The molecule has 5 heterocycles. The van der Waals surface area contributed by atoms with Crippen molar-refractivity contribution >= 4 is 38.4 Å². The summed E-state index contributed by atoms with van der Waals surface area (Å²) in [6.45, 7) is 5.57. The van der Waals surface area contributed by atoms with E-state index < -0.39 is 10.0 Å². The summed E-state index contributed by atoms with van der Waals surface area (Å²) >= 11 is 0. The average molecular weight is 468 g/mol. The van der Waals surface area contributed by atoms with Crippen molar-refractivity contribution in [2.24, 2.45) is 0 Å². The number of pyridine rings is 2. The molecule has 10 heteroatoms. The van der Waals surface area contributed by atoms with E-state index in [2.05, 4.69) is 32.4 Å². The van der Waals surface area contributed by atoms with Gasteiger partial charge in [0.1, 0.15) is 11.6 Å². The number of sulfonamides is 1. The van der Waals surface area contributed by atoms with Crippen molar-refractivity contribution < 1.29 is 8.42 Å². The largest absolute Gasteiger partial charge is 0.367 e. The van der Waals surface area contributed by atoms with E-state index in [0.29, 0.717) is 11.6 Å². The third kappa shape index (κ3) is 4.45. The van der Waals surface area contributed by atoms with Crippen LogP contribution in [0, 0.1) is 6.92 Å². The molecule has 3 aromatic rings. The van der Waals surface area contributed by atoms with Crippen molar-refractivity contribution in [3.8, 4) is 0 Å². The highest BCUT2D eigenvalue weighted by molar-refractivity contribution is 7.89. The van der Waals surface area contributed by atoms with Crippen LogP contribution >= 0.6 is 0 Å². The molecular formula is C23H29N7O2S. The van der Waals surface area contributed by atoms with Crippen LogP contribution in [0.5, 0.6) is 0 Å². The fourth-order valence-corrected chi connectivity index (χ4v) is 6.96. The Morgan fingerprint density at radius 3 is 2.73 bits per heavy atom. The second-order valence-corrected chi connectivity index (χ2v) is 10.9. The minimum absolute atomic E-state index is 0.00363. The normalized spacial score (nSPS) is 23.4. The summed E-state index contributed by atoms with van der Waals surface area (Å²) in [5.74, 6) is 2.09. The van der Waals surface area contributed by atoms with Gasteiger partial charge in [-0.25, -0.2) is 13.4 Å². The van der Waals surface area contributed by atoms with Crippen molar-refractivity contribution in [2.45, 2.75) is 57.2 Å². The van der Waals surface area contributed by atoms with Crippen molar-refractivity contribution in [1.82, 2.24) is 24.5 Å². The van der Waals surface area contributed by atoms with Gasteiger partial charge in [-0.15, -0.1) is 6.58 Å². The molecule has 2 saturated heterocycles. The maximum absolute atomic E-state index is 12.9. The monoisotopic (exact) mass is 467 g/mol. The minimum atomic E-state index is -3.32. The molecule has 33 heavy (non-hydrogen) atoms. The fraction of sp³-hybridized carbons (Fsp3) is 0.435. The van der Waals surface area contributed by atoms with E-state index >= 15 is 0 Å². The lowest BCUT2D eigenvalue weighted by molar-refractivity contribution is 0.116. The quantitative estimate of drug-likeness (QED) is 0.454. The number of rotatable bonds is 7. The summed E-state index contributed by atoms with van der Waals surface area (Å²) in [6, 6.07) is 7.88. The van der Waals surface area contributed by atoms with E-state index in [1.807, 2.05) is 31.2 Å². The molecule has 2 aliphatic heterocycles. The molecular weight excluding hydrogens is 438 g/mol. The van der Waals surface area contributed by atoms with Gasteiger partial charge in [-0.1, -0.05) is 12.5 Å². The summed E-state index contributed by atoms with van der Waals surface area (Å²) in [4.78, 5) is 9.35. The van der Waals surface area contributed by atoms with E-state index in [9.17, 15) is 8.42 Å². The Balaban J connectivity index is 1.41. The Morgan fingerprint density at radius 2 is 2.03 bits per heavy atom. The Hall–Kier alpha value is -2.98. The molecule has 0 radical (unpaired) electrons. The van der Waals surface area contributed by atoms with Gasteiger partial charge in [0.15, 0.2) is 5.82 Å². The molecule has 2 aliphatic rings. The van der Waals surface area contributed by atoms with Crippen LogP contribution < -0.4 is 10.6 Å². The number of hydrogen-bond acceptors (Lipinski definition) is 7. The van der Waals surface area contributed by atoms with Crippen molar-refractivity contribution in [2.75, 3.05) is 16.4 Å². The zero-order valence-electron chi connectivity index (χ0n) is 18.7. The first-order valence-electron chi connectivity index (χ1n) is 11.4. The first kappa shape index (κ1) is 21.8. The van der Waals surface area contributed by atoms with Crippen LogP contribution in [0.4, 0.5) is 17.5 Å². The van der Waals surface area contributed by atoms with Crippen LogP contribution in [0.3, 0.4) is 0 Å². The third-order valence-electron chi connectivity index (χ3n) is 6.46. The Morgan fingerprint density at radius 1 is 1.24 bits per heavy atom. The predicted molar refractivity (Wildman–Crippen MR) is 130 cm³/mol. The molecule has 0 amide bonds. The lowest BCUT2D eigenvalue weighted by atomic mass is 9.84.